The number of phosphoric ester groups is 1. The summed E-state index contributed by atoms with van der Waals surface area (Å²) >= 11 is 0. The van der Waals surface area contributed by atoms with Crippen molar-refractivity contribution in [3.05, 3.63) is 12.2 Å². The molecule has 0 saturated carbocycles. The van der Waals surface area contributed by atoms with Crippen LogP contribution in [-0.2, 0) is 32.7 Å². The Labute approximate surface area is 314 Å². The van der Waals surface area contributed by atoms with E-state index in [-0.39, 0.29) is 32.0 Å². The van der Waals surface area contributed by atoms with Crippen molar-refractivity contribution in [3.63, 3.8) is 0 Å². The lowest BCUT2D eigenvalue weighted by Crippen LogP contribution is -2.37. The quantitative estimate of drug-likeness (QED) is 0.0202. The molecule has 0 aliphatic carbocycles. The van der Waals surface area contributed by atoms with Gasteiger partial charge < -0.3 is 27.9 Å². The second-order valence-corrected chi connectivity index (χ2v) is 16.8. The summed E-state index contributed by atoms with van der Waals surface area (Å²) in [6, 6.07) is 0. The smallest absolute Gasteiger partial charge is 0.306 e. The second-order valence-electron chi connectivity index (χ2n) is 15.4. The number of quaternary nitrogens is 1. The van der Waals surface area contributed by atoms with E-state index in [2.05, 4.69) is 26.0 Å². The highest BCUT2D eigenvalue weighted by molar-refractivity contribution is 7.45. The van der Waals surface area contributed by atoms with Gasteiger partial charge in [-0.25, -0.2) is 0 Å². The number of nitrogens with zero attached hydrogens (tertiary/aromatic N) is 1. The number of unbranched alkanes of at least 4 members (excludes halogenated alkanes) is 22. The summed E-state index contributed by atoms with van der Waals surface area (Å²) < 4.78 is 33.8. The van der Waals surface area contributed by atoms with Crippen LogP contribution in [-0.4, -0.2) is 70.0 Å². The van der Waals surface area contributed by atoms with Crippen molar-refractivity contribution in [2.24, 2.45) is 0 Å². The van der Waals surface area contributed by atoms with Gasteiger partial charge in [-0.1, -0.05) is 148 Å². The van der Waals surface area contributed by atoms with Crippen LogP contribution in [0.1, 0.15) is 187 Å². The first-order valence-corrected chi connectivity index (χ1v) is 22.4. The average molecular weight is 746 g/mol. The molecule has 0 saturated heterocycles. The molecule has 0 amide bonds. The number of carbonyl (C=O) groups is 2. The van der Waals surface area contributed by atoms with Crippen molar-refractivity contribution in [1.82, 2.24) is 0 Å². The Morgan fingerprint density at radius 3 is 1.45 bits per heavy atom. The predicted octanol–water partition coefficient (Wildman–Crippen LogP) is 10.8. The third kappa shape index (κ3) is 38.3. The van der Waals surface area contributed by atoms with E-state index in [1.165, 1.54) is 103 Å². The summed E-state index contributed by atoms with van der Waals surface area (Å²) in [5, 5.41) is 0. The van der Waals surface area contributed by atoms with Gasteiger partial charge in [0.2, 0.25) is 0 Å². The van der Waals surface area contributed by atoms with Gasteiger partial charge in [-0.2, -0.15) is 0 Å². The lowest BCUT2D eigenvalue weighted by Gasteiger charge is -2.28. The van der Waals surface area contributed by atoms with Crippen LogP contribution in [0, 0.1) is 0 Å². The van der Waals surface area contributed by atoms with Gasteiger partial charge in [-0.15, -0.1) is 0 Å². The predicted molar refractivity (Wildman–Crippen MR) is 208 cm³/mol. The van der Waals surface area contributed by atoms with Crippen LogP contribution in [0.5, 0.6) is 0 Å². The number of phosphoric acid groups is 1. The van der Waals surface area contributed by atoms with E-state index in [4.69, 9.17) is 18.5 Å². The Bertz CT molecular complexity index is 891. The fourth-order valence-corrected chi connectivity index (χ4v) is 6.44. The molecule has 302 valence electrons. The van der Waals surface area contributed by atoms with Crippen molar-refractivity contribution in [2.45, 2.75) is 193 Å². The van der Waals surface area contributed by atoms with Crippen LogP contribution in [0.25, 0.3) is 0 Å². The van der Waals surface area contributed by atoms with Crippen molar-refractivity contribution >= 4 is 19.8 Å². The van der Waals surface area contributed by atoms with Crippen LogP contribution in [0.2, 0.25) is 0 Å². The minimum atomic E-state index is -4.62. The minimum absolute atomic E-state index is 0.0291. The first-order chi connectivity index (χ1) is 24.5. The van der Waals surface area contributed by atoms with E-state index in [1.54, 1.807) is 0 Å². The maximum Gasteiger partial charge on any atom is 0.306 e. The highest BCUT2D eigenvalue weighted by Gasteiger charge is 2.21. The number of esters is 2. The van der Waals surface area contributed by atoms with Crippen molar-refractivity contribution in [1.29, 1.82) is 0 Å². The Morgan fingerprint density at radius 1 is 0.588 bits per heavy atom. The number of rotatable bonds is 38. The van der Waals surface area contributed by atoms with Crippen LogP contribution >= 0.6 is 7.82 Å². The third-order valence-electron chi connectivity index (χ3n) is 9.04. The molecular weight excluding hydrogens is 665 g/mol. The molecule has 0 aromatic heterocycles. The van der Waals surface area contributed by atoms with E-state index in [0.717, 1.165) is 51.4 Å². The molecule has 0 N–H and O–H groups in total. The summed E-state index contributed by atoms with van der Waals surface area (Å²) in [6.07, 6.45) is 33.7. The number of hydrogen-bond acceptors (Lipinski definition) is 8. The number of hydrogen-bond donors (Lipinski definition) is 0. The SMILES string of the molecule is CCCCCCCC/C=C/CCCCCCCC(=O)OC[C@H](COP(=O)([O-])OCC[N+](C)(C)C)OC(=O)CCCCCCCCCCCCCC. The molecule has 9 nitrogen and oxygen atoms in total. The summed E-state index contributed by atoms with van der Waals surface area (Å²) in [5.41, 5.74) is 0. The number of likely N-dealkylation sites (N-methyl/N-ethyl adjacent to an activating group) is 1. The topological polar surface area (TPSA) is 111 Å². The zero-order valence-electron chi connectivity index (χ0n) is 33.8. The average Bonchev–Trinajstić information content (AvgIpc) is 3.07. The number of carbonyl (C=O) groups excluding carboxylic acids is 2. The summed E-state index contributed by atoms with van der Waals surface area (Å²) in [4.78, 5) is 37.4. The van der Waals surface area contributed by atoms with E-state index < -0.39 is 26.5 Å². The van der Waals surface area contributed by atoms with Gasteiger partial charge in [0.05, 0.1) is 27.7 Å². The fourth-order valence-electron chi connectivity index (χ4n) is 5.71. The molecule has 0 fully saturated rings. The van der Waals surface area contributed by atoms with Crippen molar-refractivity contribution < 1.29 is 42.1 Å². The maximum atomic E-state index is 12.6. The molecule has 0 radical (unpaired) electrons. The standard InChI is InChI=1S/C41H80NO8P/c1-6-8-10-12-14-16-18-20-21-22-24-25-27-29-31-33-40(43)47-37-39(38-49-51(45,46)48-36-35-42(3,4)5)50-41(44)34-32-30-28-26-23-19-17-15-13-11-9-7-2/h20-21,39H,6-19,22-38H2,1-5H3/b21-20+/t39-/m1/s1. The van der Waals surface area contributed by atoms with Crippen LogP contribution in [0.15, 0.2) is 12.2 Å². The third-order valence-corrected chi connectivity index (χ3v) is 10.00. The molecule has 0 aromatic rings. The van der Waals surface area contributed by atoms with Gasteiger partial charge >= 0.3 is 11.9 Å². The van der Waals surface area contributed by atoms with Crippen LogP contribution < -0.4 is 4.89 Å². The van der Waals surface area contributed by atoms with Gasteiger partial charge in [0.1, 0.15) is 19.8 Å². The molecule has 0 aliphatic heterocycles. The van der Waals surface area contributed by atoms with E-state index >= 15 is 0 Å². The van der Waals surface area contributed by atoms with E-state index in [1.807, 2.05) is 21.1 Å². The summed E-state index contributed by atoms with van der Waals surface area (Å²) in [7, 11) is 1.17. The normalized spacial score (nSPS) is 13.8. The first kappa shape index (κ1) is 49.8. The molecule has 0 aliphatic rings. The second kappa shape index (κ2) is 34.5. The molecule has 0 rings (SSSR count). The Morgan fingerprint density at radius 2 is 1.00 bits per heavy atom. The van der Waals surface area contributed by atoms with Gasteiger partial charge in [0.15, 0.2) is 6.10 Å². The van der Waals surface area contributed by atoms with Crippen LogP contribution in [0.4, 0.5) is 0 Å². The number of allylic oxidation sites excluding steroid dienone is 2. The zero-order valence-corrected chi connectivity index (χ0v) is 34.7. The van der Waals surface area contributed by atoms with Crippen molar-refractivity contribution in [2.75, 3.05) is 47.5 Å². The highest BCUT2D eigenvalue weighted by Crippen LogP contribution is 2.38. The molecule has 1 unspecified atom stereocenters. The van der Waals surface area contributed by atoms with E-state index in [9.17, 15) is 19.0 Å². The molecule has 0 aromatic carbocycles. The lowest BCUT2D eigenvalue weighted by atomic mass is 10.0. The molecule has 51 heavy (non-hydrogen) atoms. The molecule has 0 heterocycles. The summed E-state index contributed by atoms with van der Waals surface area (Å²) in [5.74, 6) is -0.838. The monoisotopic (exact) mass is 746 g/mol. The first-order valence-electron chi connectivity index (χ1n) is 20.9. The van der Waals surface area contributed by atoms with Gasteiger partial charge in [-0.3, -0.25) is 14.2 Å². The molecule has 2 atom stereocenters. The lowest BCUT2D eigenvalue weighted by molar-refractivity contribution is -0.870. The molecule has 0 spiro atoms. The van der Waals surface area contributed by atoms with E-state index in [0.29, 0.717) is 17.4 Å². The largest absolute Gasteiger partial charge is 0.756 e. The Balaban J connectivity index is 4.38. The minimum Gasteiger partial charge on any atom is -0.756 e. The maximum absolute atomic E-state index is 12.6. The molecule has 10 heteroatoms. The number of ether oxygens (including phenoxy) is 2. The highest BCUT2D eigenvalue weighted by atomic mass is 31.2. The zero-order chi connectivity index (χ0) is 37.9. The molecular formula is C41H80NO8P. The van der Waals surface area contributed by atoms with Gasteiger partial charge in [0.25, 0.3) is 7.82 Å². The van der Waals surface area contributed by atoms with Gasteiger partial charge in [0, 0.05) is 12.8 Å². The Hall–Kier alpha value is -1.25. The van der Waals surface area contributed by atoms with Gasteiger partial charge in [-0.05, 0) is 38.5 Å². The Kier molecular flexibility index (Phi) is 33.7. The fraction of sp³-hybridized carbons (Fsp3) is 0.902. The molecule has 0 bridgehead atoms. The van der Waals surface area contributed by atoms with Crippen molar-refractivity contribution in [3.8, 4) is 0 Å². The van der Waals surface area contributed by atoms with Crippen LogP contribution in [0.3, 0.4) is 0 Å². The summed E-state index contributed by atoms with van der Waals surface area (Å²) in [6.45, 7) is 4.21.